The van der Waals surface area contributed by atoms with Gasteiger partial charge < -0.3 is 10.1 Å². The molecule has 3 rings (SSSR count). The summed E-state index contributed by atoms with van der Waals surface area (Å²) in [6.07, 6.45) is 0.783. The molecule has 0 unspecified atom stereocenters. The van der Waals surface area contributed by atoms with Crippen LogP contribution in [0.4, 0.5) is 5.69 Å². The van der Waals surface area contributed by atoms with Crippen molar-refractivity contribution in [3.05, 3.63) is 45.3 Å². The van der Waals surface area contributed by atoms with Crippen LogP contribution in [0.5, 0.6) is 0 Å². The third kappa shape index (κ3) is 4.62. The van der Waals surface area contributed by atoms with Gasteiger partial charge in [0.1, 0.15) is 0 Å². The van der Waals surface area contributed by atoms with E-state index in [0.29, 0.717) is 29.0 Å². The first-order valence-electron chi connectivity index (χ1n) is 8.02. The van der Waals surface area contributed by atoms with Crippen molar-refractivity contribution in [1.29, 1.82) is 0 Å². The molecule has 1 aliphatic heterocycles. The van der Waals surface area contributed by atoms with E-state index in [-0.39, 0.29) is 17.2 Å². The van der Waals surface area contributed by atoms with Crippen LogP contribution >= 0.6 is 35.1 Å². The Labute approximate surface area is 164 Å². The van der Waals surface area contributed by atoms with Crippen molar-refractivity contribution in [3.63, 3.8) is 0 Å². The number of ether oxygens (including phenoxy) is 1. The van der Waals surface area contributed by atoms with Crippen LogP contribution in [-0.2, 0) is 22.5 Å². The number of carbonyl (C=O) groups is 1. The average molecular weight is 412 g/mol. The number of nitrogens with zero attached hydrogens (tertiary/aromatic N) is 2. The van der Waals surface area contributed by atoms with E-state index in [4.69, 9.17) is 16.3 Å². The van der Waals surface area contributed by atoms with Gasteiger partial charge >= 0.3 is 0 Å². The monoisotopic (exact) mass is 411 g/mol. The highest BCUT2D eigenvalue weighted by molar-refractivity contribution is 8.00. The van der Waals surface area contributed by atoms with Crippen LogP contribution in [0.2, 0.25) is 5.02 Å². The van der Waals surface area contributed by atoms with Crippen LogP contribution in [0.1, 0.15) is 5.69 Å². The van der Waals surface area contributed by atoms with Gasteiger partial charge in [-0.05, 0) is 24.3 Å². The van der Waals surface area contributed by atoms with Crippen LogP contribution < -0.4 is 10.9 Å². The SMILES string of the molecule is COCCn1c(SCC(=O)Nc2ccc(Cl)cc2)nc2c(c1=O)SCC2. The fourth-order valence-electron chi connectivity index (χ4n) is 2.47. The molecular formula is C17H18ClN3O3S2. The molecule has 0 saturated heterocycles. The van der Waals surface area contributed by atoms with Gasteiger partial charge in [0, 0.05) is 30.0 Å². The Morgan fingerprint density at radius 2 is 2.19 bits per heavy atom. The minimum Gasteiger partial charge on any atom is -0.383 e. The maximum Gasteiger partial charge on any atom is 0.268 e. The molecule has 26 heavy (non-hydrogen) atoms. The Morgan fingerprint density at radius 3 is 2.92 bits per heavy atom. The zero-order chi connectivity index (χ0) is 18.5. The van der Waals surface area contributed by atoms with E-state index in [2.05, 4.69) is 10.3 Å². The number of carbonyl (C=O) groups excluding carboxylic acids is 1. The third-order valence-electron chi connectivity index (χ3n) is 3.73. The molecule has 0 aliphatic carbocycles. The van der Waals surface area contributed by atoms with Crippen molar-refractivity contribution in [1.82, 2.24) is 9.55 Å². The number of halogens is 1. The number of hydrogen-bond donors (Lipinski definition) is 1. The highest BCUT2D eigenvalue weighted by atomic mass is 35.5. The molecule has 0 atom stereocenters. The van der Waals surface area contributed by atoms with Crippen molar-refractivity contribution in [2.24, 2.45) is 0 Å². The molecule has 0 radical (unpaired) electrons. The van der Waals surface area contributed by atoms with Gasteiger partial charge in [0.2, 0.25) is 5.91 Å². The second-order valence-electron chi connectivity index (χ2n) is 5.56. The van der Waals surface area contributed by atoms with Crippen molar-refractivity contribution in [2.75, 3.05) is 30.5 Å². The molecule has 1 aliphatic rings. The lowest BCUT2D eigenvalue weighted by molar-refractivity contribution is -0.113. The smallest absolute Gasteiger partial charge is 0.268 e. The molecule has 1 aromatic heterocycles. The summed E-state index contributed by atoms with van der Waals surface area (Å²) in [5, 5.41) is 3.97. The average Bonchev–Trinajstić information content (AvgIpc) is 3.10. The van der Waals surface area contributed by atoms with Crippen molar-refractivity contribution in [2.45, 2.75) is 23.0 Å². The summed E-state index contributed by atoms with van der Waals surface area (Å²) in [5.41, 5.74) is 1.46. The maximum absolute atomic E-state index is 12.7. The van der Waals surface area contributed by atoms with Gasteiger partial charge in [-0.15, -0.1) is 11.8 Å². The summed E-state index contributed by atoms with van der Waals surface area (Å²) < 4.78 is 6.69. The molecule has 0 spiro atoms. The quantitative estimate of drug-likeness (QED) is 0.557. The number of amides is 1. The van der Waals surface area contributed by atoms with E-state index in [9.17, 15) is 9.59 Å². The van der Waals surface area contributed by atoms with Crippen LogP contribution in [0.3, 0.4) is 0 Å². The van der Waals surface area contributed by atoms with Gasteiger partial charge in [-0.3, -0.25) is 14.2 Å². The summed E-state index contributed by atoms with van der Waals surface area (Å²) in [6.45, 7) is 0.826. The van der Waals surface area contributed by atoms with Crippen molar-refractivity contribution < 1.29 is 9.53 Å². The molecule has 6 nitrogen and oxygen atoms in total. The molecule has 0 bridgehead atoms. The second-order valence-corrected chi connectivity index (χ2v) is 8.05. The Morgan fingerprint density at radius 1 is 1.42 bits per heavy atom. The lowest BCUT2D eigenvalue weighted by atomic mass is 10.3. The van der Waals surface area contributed by atoms with Crippen LogP contribution in [-0.4, -0.2) is 40.7 Å². The number of benzene rings is 1. The molecule has 2 aromatic rings. The summed E-state index contributed by atoms with van der Waals surface area (Å²) in [4.78, 5) is 30.2. The Kier molecular flexibility index (Phi) is 6.63. The summed E-state index contributed by atoms with van der Waals surface area (Å²) in [5.74, 6) is 0.862. The summed E-state index contributed by atoms with van der Waals surface area (Å²) in [6, 6.07) is 6.91. The van der Waals surface area contributed by atoms with Crippen LogP contribution in [0, 0.1) is 0 Å². The topological polar surface area (TPSA) is 73.2 Å². The van der Waals surface area contributed by atoms with Gasteiger partial charge in [0.15, 0.2) is 5.16 Å². The standard InChI is InChI=1S/C17H18ClN3O3S2/c1-24-8-7-21-16(23)15-13(6-9-25-15)20-17(21)26-10-14(22)19-12-4-2-11(18)3-5-12/h2-5H,6-10H2,1H3,(H,19,22). The maximum atomic E-state index is 12.7. The van der Waals surface area contributed by atoms with Crippen molar-refractivity contribution >= 4 is 46.7 Å². The number of aryl methyl sites for hydroxylation is 1. The Bertz CT molecular complexity index is 856. The van der Waals surface area contributed by atoms with E-state index in [0.717, 1.165) is 22.8 Å². The normalized spacial score (nSPS) is 12.8. The first kappa shape index (κ1) is 19.3. The molecule has 9 heteroatoms. The van der Waals surface area contributed by atoms with E-state index >= 15 is 0 Å². The van der Waals surface area contributed by atoms with Crippen LogP contribution in [0.15, 0.2) is 39.1 Å². The molecule has 138 valence electrons. The number of methoxy groups -OCH3 is 1. The molecule has 1 N–H and O–H groups in total. The molecule has 0 saturated carbocycles. The Hall–Kier alpha value is -1.48. The number of thioether (sulfide) groups is 2. The number of anilines is 1. The zero-order valence-corrected chi connectivity index (χ0v) is 16.5. The minimum absolute atomic E-state index is 0.0461. The predicted molar refractivity (Wildman–Crippen MR) is 106 cm³/mol. The fourth-order valence-corrected chi connectivity index (χ4v) is 4.48. The lowest BCUT2D eigenvalue weighted by Crippen LogP contribution is -2.27. The molecule has 1 aromatic carbocycles. The van der Waals surface area contributed by atoms with Crippen molar-refractivity contribution in [3.8, 4) is 0 Å². The fraction of sp³-hybridized carbons (Fsp3) is 0.353. The van der Waals surface area contributed by atoms with Gasteiger partial charge in [-0.25, -0.2) is 4.98 Å². The predicted octanol–water partition coefficient (Wildman–Crippen LogP) is 2.92. The molecule has 2 heterocycles. The number of rotatable bonds is 7. The van der Waals surface area contributed by atoms with E-state index in [1.807, 2.05) is 0 Å². The zero-order valence-electron chi connectivity index (χ0n) is 14.2. The van der Waals surface area contributed by atoms with Gasteiger partial charge in [-0.1, -0.05) is 23.4 Å². The lowest BCUT2D eigenvalue weighted by Gasteiger charge is -2.13. The van der Waals surface area contributed by atoms with E-state index < -0.39 is 0 Å². The second kappa shape index (κ2) is 8.94. The number of fused-ring (bicyclic) bond motifs is 1. The number of aromatic nitrogens is 2. The van der Waals surface area contributed by atoms with E-state index in [1.54, 1.807) is 47.7 Å². The highest BCUT2D eigenvalue weighted by Crippen LogP contribution is 2.28. The molecular weight excluding hydrogens is 394 g/mol. The first-order valence-corrected chi connectivity index (χ1v) is 10.4. The first-order chi connectivity index (χ1) is 12.6. The summed E-state index contributed by atoms with van der Waals surface area (Å²) >= 11 is 8.64. The Balaban J connectivity index is 1.72. The summed E-state index contributed by atoms with van der Waals surface area (Å²) in [7, 11) is 1.59. The largest absolute Gasteiger partial charge is 0.383 e. The third-order valence-corrected chi connectivity index (χ3v) is 6.06. The number of nitrogens with one attached hydrogen (secondary N) is 1. The molecule has 1 amide bonds. The highest BCUT2D eigenvalue weighted by Gasteiger charge is 2.22. The minimum atomic E-state index is -0.167. The van der Waals surface area contributed by atoms with E-state index in [1.165, 1.54) is 11.8 Å². The van der Waals surface area contributed by atoms with Gasteiger partial charge in [-0.2, -0.15) is 0 Å². The number of hydrogen-bond acceptors (Lipinski definition) is 6. The van der Waals surface area contributed by atoms with Gasteiger partial charge in [0.25, 0.3) is 5.56 Å². The molecule has 0 fully saturated rings. The van der Waals surface area contributed by atoms with Crippen LogP contribution in [0.25, 0.3) is 0 Å². The van der Waals surface area contributed by atoms with Gasteiger partial charge in [0.05, 0.1) is 29.5 Å².